The Hall–Kier alpha value is -1.06. The normalized spacial score (nSPS) is 10.5. The van der Waals surface area contributed by atoms with Crippen molar-refractivity contribution in [1.82, 2.24) is 4.98 Å². The third-order valence-corrected chi connectivity index (χ3v) is 3.60. The molecular formula is C13H14ClNOS. The molecule has 4 heteroatoms. The van der Waals surface area contributed by atoms with Gasteiger partial charge in [0.15, 0.2) is 0 Å². The summed E-state index contributed by atoms with van der Waals surface area (Å²) in [5.41, 5.74) is 1.91. The molecule has 0 aliphatic carbocycles. The molecule has 1 aromatic carbocycles. The molecule has 17 heavy (non-hydrogen) atoms. The number of halogens is 1. The standard InChI is InChI=1S/C13H14ClNOS/c1-3-13-15-11(8-17-13)10-7-9(14)5-6-12(10)16-4-2/h5-8H,3-4H2,1-2H3. The fraction of sp³-hybridized carbons (Fsp3) is 0.308. The van der Waals surface area contributed by atoms with Crippen LogP contribution in [0.5, 0.6) is 5.75 Å². The summed E-state index contributed by atoms with van der Waals surface area (Å²) in [4.78, 5) is 4.56. The number of benzene rings is 1. The molecule has 0 atom stereocenters. The van der Waals surface area contributed by atoms with Gasteiger partial charge in [0.05, 0.1) is 17.3 Å². The van der Waals surface area contributed by atoms with Gasteiger partial charge in [-0.1, -0.05) is 18.5 Å². The zero-order valence-electron chi connectivity index (χ0n) is 9.87. The van der Waals surface area contributed by atoms with Crippen molar-refractivity contribution in [2.45, 2.75) is 20.3 Å². The number of rotatable bonds is 4. The van der Waals surface area contributed by atoms with E-state index in [1.54, 1.807) is 11.3 Å². The van der Waals surface area contributed by atoms with E-state index in [1.165, 1.54) is 0 Å². The first-order valence-corrected chi connectivity index (χ1v) is 6.87. The second kappa shape index (κ2) is 5.52. The van der Waals surface area contributed by atoms with Gasteiger partial charge in [-0.05, 0) is 31.5 Å². The SMILES string of the molecule is CCOc1ccc(Cl)cc1-c1csc(CC)n1. The number of hydrogen-bond donors (Lipinski definition) is 0. The van der Waals surface area contributed by atoms with Crippen LogP contribution in [-0.4, -0.2) is 11.6 Å². The zero-order chi connectivity index (χ0) is 12.3. The summed E-state index contributed by atoms with van der Waals surface area (Å²) in [6.45, 7) is 4.71. The molecule has 0 spiro atoms. The summed E-state index contributed by atoms with van der Waals surface area (Å²) in [5.74, 6) is 0.838. The van der Waals surface area contributed by atoms with Crippen molar-refractivity contribution in [2.75, 3.05) is 6.61 Å². The Morgan fingerprint density at radius 1 is 1.35 bits per heavy atom. The van der Waals surface area contributed by atoms with E-state index in [9.17, 15) is 0 Å². The zero-order valence-corrected chi connectivity index (χ0v) is 11.4. The lowest BCUT2D eigenvalue weighted by atomic mass is 10.1. The molecule has 0 radical (unpaired) electrons. The highest BCUT2D eigenvalue weighted by Gasteiger charge is 2.10. The van der Waals surface area contributed by atoms with Gasteiger partial charge >= 0.3 is 0 Å². The van der Waals surface area contributed by atoms with Gasteiger partial charge in [0.25, 0.3) is 0 Å². The first kappa shape index (κ1) is 12.4. The number of ether oxygens (including phenoxy) is 1. The molecule has 0 aliphatic rings. The predicted octanol–water partition coefficient (Wildman–Crippen LogP) is 4.42. The lowest BCUT2D eigenvalue weighted by molar-refractivity contribution is 0.341. The van der Waals surface area contributed by atoms with Crippen LogP contribution in [0.4, 0.5) is 0 Å². The number of thiazole rings is 1. The number of hydrogen-bond acceptors (Lipinski definition) is 3. The minimum Gasteiger partial charge on any atom is -0.493 e. The maximum atomic E-state index is 6.03. The van der Waals surface area contributed by atoms with Crippen LogP contribution in [-0.2, 0) is 6.42 Å². The highest BCUT2D eigenvalue weighted by atomic mass is 35.5. The molecule has 2 nitrogen and oxygen atoms in total. The molecule has 0 fully saturated rings. The molecule has 0 amide bonds. The summed E-state index contributed by atoms with van der Waals surface area (Å²) < 4.78 is 5.60. The summed E-state index contributed by atoms with van der Waals surface area (Å²) in [5, 5.41) is 3.88. The van der Waals surface area contributed by atoms with E-state index in [-0.39, 0.29) is 0 Å². The number of nitrogens with zero attached hydrogens (tertiary/aromatic N) is 1. The van der Waals surface area contributed by atoms with Crippen LogP contribution in [0.2, 0.25) is 5.02 Å². The van der Waals surface area contributed by atoms with Gasteiger partial charge in [-0.25, -0.2) is 4.98 Å². The topological polar surface area (TPSA) is 22.1 Å². The van der Waals surface area contributed by atoms with Gasteiger partial charge < -0.3 is 4.74 Å². The van der Waals surface area contributed by atoms with Gasteiger partial charge in [0.1, 0.15) is 5.75 Å². The summed E-state index contributed by atoms with van der Waals surface area (Å²) in [6.07, 6.45) is 0.954. The van der Waals surface area contributed by atoms with Gasteiger partial charge in [0.2, 0.25) is 0 Å². The number of aryl methyl sites for hydroxylation is 1. The molecule has 0 unspecified atom stereocenters. The Balaban J connectivity index is 2.44. The van der Waals surface area contributed by atoms with Crippen molar-refractivity contribution in [3.05, 3.63) is 33.6 Å². The highest BCUT2D eigenvalue weighted by Crippen LogP contribution is 2.33. The maximum Gasteiger partial charge on any atom is 0.128 e. The molecule has 0 bridgehead atoms. The van der Waals surface area contributed by atoms with Crippen molar-refractivity contribution >= 4 is 22.9 Å². The molecule has 2 rings (SSSR count). The molecule has 0 aliphatic heterocycles. The molecule has 1 aromatic heterocycles. The maximum absolute atomic E-state index is 6.03. The average molecular weight is 268 g/mol. The first-order chi connectivity index (χ1) is 8.24. The van der Waals surface area contributed by atoms with Crippen molar-refractivity contribution in [3.63, 3.8) is 0 Å². The minimum absolute atomic E-state index is 0.638. The molecule has 1 heterocycles. The Labute approximate surface area is 110 Å². The second-order valence-corrected chi connectivity index (χ2v) is 4.93. The monoisotopic (exact) mass is 267 g/mol. The van der Waals surface area contributed by atoms with Gasteiger partial charge in [-0.15, -0.1) is 11.3 Å². The van der Waals surface area contributed by atoms with Crippen molar-refractivity contribution in [2.24, 2.45) is 0 Å². The second-order valence-electron chi connectivity index (χ2n) is 3.55. The molecule has 0 saturated heterocycles. The highest BCUT2D eigenvalue weighted by molar-refractivity contribution is 7.09. The molecule has 2 aromatic rings. The lowest BCUT2D eigenvalue weighted by Crippen LogP contribution is -1.94. The van der Waals surface area contributed by atoms with E-state index in [1.807, 2.05) is 30.5 Å². The van der Waals surface area contributed by atoms with E-state index < -0.39 is 0 Å². The quantitative estimate of drug-likeness (QED) is 0.818. The van der Waals surface area contributed by atoms with E-state index in [0.717, 1.165) is 28.4 Å². The van der Waals surface area contributed by atoms with Crippen molar-refractivity contribution < 1.29 is 4.74 Å². The Morgan fingerprint density at radius 2 is 2.18 bits per heavy atom. The van der Waals surface area contributed by atoms with Crippen LogP contribution < -0.4 is 4.74 Å². The largest absolute Gasteiger partial charge is 0.493 e. The van der Waals surface area contributed by atoms with Crippen molar-refractivity contribution in [1.29, 1.82) is 0 Å². The van der Waals surface area contributed by atoms with Crippen LogP contribution in [0, 0.1) is 0 Å². The number of aromatic nitrogens is 1. The Bertz CT molecular complexity index is 510. The Morgan fingerprint density at radius 3 is 2.82 bits per heavy atom. The van der Waals surface area contributed by atoms with Crippen LogP contribution in [0.3, 0.4) is 0 Å². The van der Waals surface area contributed by atoms with Crippen molar-refractivity contribution in [3.8, 4) is 17.0 Å². The fourth-order valence-corrected chi connectivity index (χ4v) is 2.50. The van der Waals surface area contributed by atoms with Crippen LogP contribution in [0.15, 0.2) is 23.6 Å². The molecule has 0 N–H and O–H groups in total. The predicted molar refractivity (Wildman–Crippen MR) is 73.1 cm³/mol. The molecule has 0 saturated carbocycles. The van der Waals surface area contributed by atoms with Crippen LogP contribution in [0.1, 0.15) is 18.9 Å². The summed E-state index contributed by atoms with van der Waals surface area (Å²) in [6, 6.07) is 5.64. The first-order valence-electron chi connectivity index (χ1n) is 5.61. The van der Waals surface area contributed by atoms with E-state index >= 15 is 0 Å². The summed E-state index contributed by atoms with van der Waals surface area (Å²) in [7, 11) is 0. The van der Waals surface area contributed by atoms with E-state index in [2.05, 4.69) is 11.9 Å². The fourth-order valence-electron chi connectivity index (χ4n) is 1.58. The third kappa shape index (κ3) is 2.79. The lowest BCUT2D eigenvalue weighted by Gasteiger charge is -2.08. The summed E-state index contributed by atoms with van der Waals surface area (Å²) >= 11 is 7.69. The van der Waals surface area contributed by atoms with Gasteiger partial charge in [-0.3, -0.25) is 0 Å². The van der Waals surface area contributed by atoms with Gasteiger partial charge in [-0.2, -0.15) is 0 Å². The van der Waals surface area contributed by atoms with Gasteiger partial charge in [0, 0.05) is 16.0 Å². The smallest absolute Gasteiger partial charge is 0.128 e. The third-order valence-electron chi connectivity index (χ3n) is 2.37. The average Bonchev–Trinajstić information content (AvgIpc) is 2.80. The molecule has 90 valence electrons. The minimum atomic E-state index is 0.638. The van der Waals surface area contributed by atoms with Crippen LogP contribution >= 0.6 is 22.9 Å². The van der Waals surface area contributed by atoms with E-state index in [0.29, 0.717) is 11.6 Å². The Kier molecular flexibility index (Phi) is 4.02. The van der Waals surface area contributed by atoms with E-state index in [4.69, 9.17) is 16.3 Å². The molecular weight excluding hydrogens is 254 g/mol. The van der Waals surface area contributed by atoms with Crippen LogP contribution in [0.25, 0.3) is 11.3 Å².